The molecule has 0 aromatic carbocycles. The number of aromatic amines is 1. The summed E-state index contributed by atoms with van der Waals surface area (Å²) in [6.07, 6.45) is 3.32. The molecule has 1 N–H and O–H groups in total. The Morgan fingerprint density at radius 2 is 2.19 bits per heavy atom. The number of pyridine rings is 1. The van der Waals surface area contributed by atoms with Gasteiger partial charge in [-0.3, -0.25) is 10.1 Å². The minimum atomic E-state index is 0.353. The van der Waals surface area contributed by atoms with Crippen LogP contribution in [-0.4, -0.2) is 22.3 Å². The Bertz CT molecular complexity index is 570. The molecule has 2 aromatic rings. The average molecular weight is 254 g/mol. The van der Waals surface area contributed by atoms with Gasteiger partial charge in [0.1, 0.15) is 15.5 Å². The van der Waals surface area contributed by atoms with Gasteiger partial charge in [0.25, 0.3) is 0 Å². The summed E-state index contributed by atoms with van der Waals surface area (Å²) >= 11 is 10.9. The van der Waals surface area contributed by atoms with Gasteiger partial charge in [-0.1, -0.05) is 23.8 Å². The van der Waals surface area contributed by atoms with Crippen LogP contribution in [0.4, 0.5) is 0 Å². The molecule has 0 bridgehead atoms. The van der Waals surface area contributed by atoms with E-state index in [1.54, 1.807) is 25.6 Å². The number of ether oxygens (including phenoxy) is 1. The van der Waals surface area contributed by atoms with Gasteiger partial charge in [-0.2, -0.15) is 5.10 Å². The van der Waals surface area contributed by atoms with Crippen LogP contribution in [-0.2, 0) is 0 Å². The highest BCUT2D eigenvalue weighted by molar-refractivity contribution is 7.71. The zero-order valence-electron chi connectivity index (χ0n) is 8.40. The molecule has 0 radical (unpaired) electrons. The fourth-order valence-electron chi connectivity index (χ4n) is 1.27. The van der Waals surface area contributed by atoms with E-state index in [0.717, 1.165) is 11.1 Å². The zero-order chi connectivity index (χ0) is 11.5. The Morgan fingerprint density at radius 3 is 2.94 bits per heavy atom. The largest absolute Gasteiger partial charge is 0.495 e. The average Bonchev–Trinajstić information content (AvgIpc) is 2.32. The lowest BCUT2D eigenvalue weighted by Gasteiger charge is -2.04. The fourth-order valence-corrected chi connectivity index (χ4v) is 1.65. The van der Waals surface area contributed by atoms with E-state index in [0.29, 0.717) is 15.5 Å². The molecule has 0 fully saturated rings. The molecular formula is C10H8ClN3OS. The van der Waals surface area contributed by atoms with E-state index in [-0.39, 0.29) is 0 Å². The third-order valence-corrected chi connectivity index (χ3v) is 2.54. The van der Waals surface area contributed by atoms with Crippen molar-refractivity contribution < 1.29 is 4.74 Å². The van der Waals surface area contributed by atoms with E-state index in [2.05, 4.69) is 15.2 Å². The van der Waals surface area contributed by atoms with Crippen LogP contribution in [0.1, 0.15) is 0 Å². The van der Waals surface area contributed by atoms with Gasteiger partial charge in [-0.05, 0) is 12.1 Å². The van der Waals surface area contributed by atoms with Gasteiger partial charge in [0.15, 0.2) is 0 Å². The van der Waals surface area contributed by atoms with Crippen LogP contribution in [0.5, 0.6) is 5.75 Å². The molecule has 4 nitrogen and oxygen atoms in total. The minimum absolute atomic E-state index is 0.353. The normalized spacial score (nSPS) is 10.1. The van der Waals surface area contributed by atoms with Crippen molar-refractivity contribution in [2.24, 2.45) is 0 Å². The van der Waals surface area contributed by atoms with Crippen molar-refractivity contribution in [3.8, 4) is 16.9 Å². The standard InChI is InChI=1S/C10H8ClN3OS/c1-15-7-2-6(4-12-5-7)8-3-9(11)13-14-10(8)16/h2-5H,1H3,(H,14,16). The third-order valence-electron chi connectivity index (χ3n) is 2.03. The van der Waals surface area contributed by atoms with Gasteiger partial charge in [-0.15, -0.1) is 0 Å². The number of hydrogen-bond acceptors (Lipinski definition) is 4. The lowest BCUT2D eigenvalue weighted by Crippen LogP contribution is -1.90. The van der Waals surface area contributed by atoms with Crippen molar-refractivity contribution in [1.29, 1.82) is 0 Å². The maximum Gasteiger partial charge on any atom is 0.150 e. The van der Waals surface area contributed by atoms with Crippen molar-refractivity contribution in [1.82, 2.24) is 15.2 Å². The predicted molar refractivity (Wildman–Crippen MR) is 64.2 cm³/mol. The second kappa shape index (κ2) is 4.59. The van der Waals surface area contributed by atoms with E-state index in [1.165, 1.54) is 0 Å². The summed E-state index contributed by atoms with van der Waals surface area (Å²) in [5.74, 6) is 0.667. The number of H-pyrrole nitrogens is 1. The molecule has 0 saturated carbocycles. The van der Waals surface area contributed by atoms with E-state index < -0.39 is 0 Å². The monoisotopic (exact) mass is 253 g/mol. The van der Waals surface area contributed by atoms with Crippen LogP contribution in [0.3, 0.4) is 0 Å². The van der Waals surface area contributed by atoms with Crippen molar-refractivity contribution in [3.63, 3.8) is 0 Å². The van der Waals surface area contributed by atoms with Gasteiger partial charge in [-0.25, -0.2) is 0 Å². The van der Waals surface area contributed by atoms with Crippen molar-refractivity contribution >= 4 is 23.8 Å². The smallest absolute Gasteiger partial charge is 0.150 e. The highest BCUT2D eigenvalue weighted by Crippen LogP contribution is 2.24. The summed E-state index contributed by atoms with van der Waals surface area (Å²) in [4.78, 5) is 4.05. The highest BCUT2D eigenvalue weighted by Gasteiger charge is 2.04. The molecule has 16 heavy (non-hydrogen) atoms. The predicted octanol–water partition coefficient (Wildman–Crippen LogP) is 2.86. The molecule has 2 rings (SSSR count). The number of methoxy groups -OCH3 is 1. The summed E-state index contributed by atoms with van der Waals surface area (Å²) in [5.41, 5.74) is 1.62. The molecule has 0 atom stereocenters. The number of hydrogen-bond donors (Lipinski definition) is 1. The van der Waals surface area contributed by atoms with Crippen LogP contribution < -0.4 is 4.74 Å². The van der Waals surface area contributed by atoms with Gasteiger partial charge in [0.05, 0.1) is 13.3 Å². The van der Waals surface area contributed by atoms with Crippen LogP contribution in [0.15, 0.2) is 24.5 Å². The number of halogens is 1. The SMILES string of the molecule is COc1cncc(-c2cc(Cl)n[nH]c2=S)c1. The van der Waals surface area contributed by atoms with Crippen LogP contribution >= 0.6 is 23.8 Å². The second-order valence-electron chi connectivity index (χ2n) is 3.05. The van der Waals surface area contributed by atoms with E-state index in [1.807, 2.05) is 6.07 Å². The molecule has 82 valence electrons. The van der Waals surface area contributed by atoms with Gasteiger partial charge >= 0.3 is 0 Å². The Balaban J connectivity index is 2.58. The maximum absolute atomic E-state index is 5.80. The first-order chi connectivity index (χ1) is 7.70. The number of nitrogens with zero attached hydrogens (tertiary/aromatic N) is 2. The fraction of sp³-hybridized carbons (Fsp3) is 0.100. The highest BCUT2D eigenvalue weighted by atomic mass is 35.5. The maximum atomic E-state index is 5.80. The van der Waals surface area contributed by atoms with E-state index in [4.69, 9.17) is 28.6 Å². The van der Waals surface area contributed by atoms with E-state index >= 15 is 0 Å². The van der Waals surface area contributed by atoms with Gasteiger partial charge < -0.3 is 4.74 Å². The Hall–Kier alpha value is -1.46. The second-order valence-corrected chi connectivity index (χ2v) is 3.84. The first-order valence-corrected chi connectivity index (χ1v) is 5.24. The van der Waals surface area contributed by atoms with Gasteiger partial charge in [0.2, 0.25) is 0 Å². The summed E-state index contributed by atoms with van der Waals surface area (Å²) in [5, 5.41) is 6.81. The topological polar surface area (TPSA) is 50.8 Å². The molecule has 0 amide bonds. The Labute approximate surface area is 102 Å². The van der Waals surface area contributed by atoms with Crippen LogP contribution in [0.25, 0.3) is 11.1 Å². The summed E-state index contributed by atoms with van der Waals surface area (Å²) in [6.45, 7) is 0. The number of aromatic nitrogens is 3. The molecule has 0 aliphatic heterocycles. The first-order valence-electron chi connectivity index (χ1n) is 4.45. The van der Waals surface area contributed by atoms with Crippen LogP contribution in [0, 0.1) is 4.64 Å². The Morgan fingerprint density at radius 1 is 1.38 bits per heavy atom. The lowest BCUT2D eigenvalue weighted by atomic mass is 10.1. The molecule has 2 heterocycles. The molecule has 2 aromatic heterocycles. The summed E-state index contributed by atoms with van der Waals surface area (Å²) in [6, 6.07) is 3.53. The summed E-state index contributed by atoms with van der Waals surface area (Å²) in [7, 11) is 1.58. The van der Waals surface area contributed by atoms with Crippen LogP contribution in [0.2, 0.25) is 5.15 Å². The quantitative estimate of drug-likeness (QED) is 0.837. The summed E-state index contributed by atoms with van der Waals surface area (Å²) < 4.78 is 5.60. The first kappa shape index (κ1) is 11.0. The van der Waals surface area contributed by atoms with Gasteiger partial charge in [0, 0.05) is 17.3 Å². The van der Waals surface area contributed by atoms with Crippen molar-refractivity contribution in [2.75, 3.05) is 7.11 Å². The van der Waals surface area contributed by atoms with Crippen molar-refractivity contribution in [2.45, 2.75) is 0 Å². The number of rotatable bonds is 2. The molecule has 0 aliphatic carbocycles. The molecule has 6 heteroatoms. The van der Waals surface area contributed by atoms with Crippen molar-refractivity contribution in [3.05, 3.63) is 34.3 Å². The third kappa shape index (κ3) is 2.20. The molecule has 0 saturated heterocycles. The Kier molecular flexibility index (Phi) is 3.17. The zero-order valence-corrected chi connectivity index (χ0v) is 9.97. The molecule has 0 spiro atoms. The lowest BCUT2D eigenvalue weighted by molar-refractivity contribution is 0.413. The minimum Gasteiger partial charge on any atom is -0.495 e. The molecule has 0 unspecified atom stereocenters. The van der Waals surface area contributed by atoms with E-state index in [9.17, 15) is 0 Å². The molecule has 0 aliphatic rings. The molecular weight excluding hydrogens is 246 g/mol. The number of nitrogens with one attached hydrogen (secondary N) is 1.